The van der Waals surface area contributed by atoms with Crippen molar-refractivity contribution in [3.63, 3.8) is 0 Å². The average molecular weight is 770 g/mol. The first-order valence-electron chi connectivity index (χ1n) is 13.1. The summed E-state index contributed by atoms with van der Waals surface area (Å²) in [6.45, 7) is 2.68. The van der Waals surface area contributed by atoms with Crippen LogP contribution in [0.2, 0.25) is 0 Å². The summed E-state index contributed by atoms with van der Waals surface area (Å²) in [5.74, 6) is -2.95. The van der Waals surface area contributed by atoms with E-state index in [0.717, 1.165) is 5.56 Å². The second-order valence-electron chi connectivity index (χ2n) is 9.90. The molecule has 2 aromatic carbocycles. The second-order valence-corrected chi connectivity index (χ2v) is 9.90. The van der Waals surface area contributed by atoms with Gasteiger partial charge in [0.15, 0.2) is 12.2 Å². The third-order valence-electron chi connectivity index (χ3n) is 6.22. The van der Waals surface area contributed by atoms with Gasteiger partial charge in [-0.05, 0) is 62.2 Å². The molecule has 0 radical (unpaired) electrons. The van der Waals surface area contributed by atoms with Crippen LogP contribution in [0.15, 0.2) is 46.4 Å². The number of amidine groups is 2. The maximum Gasteiger partial charge on any atom is 0.454 e. The van der Waals surface area contributed by atoms with Gasteiger partial charge in [-0.3, -0.25) is 0 Å². The summed E-state index contributed by atoms with van der Waals surface area (Å²) in [5.41, 5.74) is 13.8. The summed E-state index contributed by atoms with van der Waals surface area (Å²) < 4.78 is 109. The van der Waals surface area contributed by atoms with E-state index in [4.69, 9.17) is 20.9 Å². The van der Waals surface area contributed by atoms with Crippen LogP contribution in [0.1, 0.15) is 37.8 Å². The fourth-order valence-corrected chi connectivity index (χ4v) is 3.79. The molecule has 8 nitrogen and oxygen atoms in total. The molecule has 20 heteroatoms. The molecular weight excluding hydrogens is 734 g/mol. The van der Waals surface area contributed by atoms with Gasteiger partial charge in [-0.1, -0.05) is 12.1 Å². The summed E-state index contributed by atoms with van der Waals surface area (Å²) in [6.07, 6.45) is -11.0. The molecule has 0 aliphatic carbocycles. The fourth-order valence-electron chi connectivity index (χ4n) is 3.79. The molecule has 2 aliphatic heterocycles. The predicted octanol–water partition coefficient (Wildman–Crippen LogP) is 7.32. The molecule has 47 heavy (non-hydrogen) atoms. The Kier molecular flexibility index (Phi) is 19.3. The molecule has 0 bridgehead atoms. The number of alkyl halides is 8. The zero-order valence-corrected chi connectivity index (χ0v) is 28.1. The molecule has 2 aromatic rings. The zero-order valence-electron chi connectivity index (χ0n) is 24.9. The Labute approximate surface area is 291 Å². The molecule has 0 aromatic heterocycles. The smallest absolute Gasteiger partial charge is 0.454 e. The van der Waals surface area contributed by atoms with E-state index in [1.807, 2.05) is 19.1 Å². The Morgan fingerprint density at radius 1 is 0.702 bits per heavy atom. The van der Waals surface area contributed by atoms with E-state index in [1.54, 1.807) is 25.1 Å². The van der Waals surface area contributed by atoms with E-state index in [9.17, 15) is 35.1 Å². The third-order valence-corrected chi connectivity index (χ3v) is 6.22. The van der Waals surface area contributed by atoms with Gasteiger partial charge in [-0.2, -0.15) is 35.1 Å². The van der Waals surface area contributed by atoms with E-state index in [2.05, 4.69) is 20.6 Å². The van der Waals surface area contributed by atoms with E-state index >= 15 is 0 Å². The van der Waals surface area contributed by atoms with Gasteiger partial charge in [0.05, 0.1) is 6.54 Å². The summed E-state index contributed by atoms with van der Waals surface area (Å²) >= 11 is 0. The van der Waals surface area contributed by atoms with Crippen molar-refractivity contribution in [3.8, 4) is 11.5 Å². The largest absolute Gasteiger partial charge is 0.481 e. The Balaban J connectivity index is 0. The molecule has 0 fully saturated rings. The van der Waals surface area contributed by atoms with Crippen molar-refractivity contribution in [2.45, 2.75) is 70.3 Å². The number of halogens is 12. The Morgan fingerprint density at radius 3 is 1.53 bits per heavy atom. The summed E-state index contributed by atoms with van der Waals surface area (Å²) in [4.78, 5) is 8.35. The average Bonchev–Trinajstić information content (AvgIpc) is 2.89. The number of hydrogen-bond donors (Lipinski definition) is 4. The topological polar surface area (TPSA) is 119 Å². The molecule has 6 N–H and O–H groups in total. The number of benzene rings is 2. The van der Waals surface area contributed by atoms with E-state index in [-0.39, 0.29) is 80.6 Å². The molecule has 2 aliphatic rings. The summed E-state index contributed by atoms with van der Waals surface area (Å²) in [5, 5.41) is 5.07. The highest BCUT2D eigenvalue weighted by Crippen LogP contribution is 2.36. The minimum Gasteiger partial charge on any atom is -0.481 e. The van der Waals surface area contributed by atoms with E-state index < -0.39 is 31.2 Å². The molecular formula is C27H36Cl4F8N6O2. The molecule has 0 saturated heterocycles. The monoisotopic (exact) mass is 768 g/mol. The first-order valence-corrected chi connectivity index (χ1v) is 13.1. The minimum atomic E-state index is -5.57. The van der Waals surface area contributed by atoms with Gasteiger partial charge >= 0.3 is 18.3 Å². The Hall–Kier alpha value is -2.50. The number of aliphatic imine (C=N–C) groups is 2. The third kappa shape index (κ3) is 14.3. The van der Waals surface area contributed by atoms with Crippen molar-refractivity contribution < 1.29 is 44.6 Å². The van der Waals surface area contributed by atoms with Crippen LogP contribution < -0.4 is 31.6 Å². The maximum atomic E-state index is 12.8. The first-order chi connectivity index (χ1) is 19.9. The van der Waals surface area contributed by atoms with Crippen molar-refractivity contribution in [2.24, 2.45) is 21.5 Å². The number of nitrogens with zero attached hydrogens (tertiary/aromatic N) is 2. The van der Waals surface area contributed by atoms with Gasteiger partial charge in [0.2, 0.25) is 0 Å². The van der Waals surface area contributed by atoms with E-state index in [1.165, 1.54) is 6.07 Å². The van der Waals surface area contributed by atoms with Crippen LogP contribution in [0, 0.1) is 0 Å². The lowest BCUT2D eigenvalue weighted by molar-refractivity contribution is -0.279. The van der Waals surface area contributed by atoms with Gasteiger partial charge in [-0.15, -0.1) is 49.6 Å². The fraction of sp³-hybridized carbons (Fsp3) is 0.481. The van der Waals surface area contributed by atoms with Gasteiger partial charge in [0, 0.05) is 19.5 Å². The standard InChI is InChI=1S/C14H18F3N3O.C13H14F5N3O.4ClH/c1-9-13(18)20-11-7-10(3-4-12(11)21-9)8-19-6-2-5-14(15,16)17;1-7-11(19)21-9-4-8(2-3-10(9)22-7)5-20-6-12(14,15)13(16,17)18;;;;/h3-4,7,9,19H,2,5-6,8H2,1H3,(H2,18,20);2-4,7,20H,5-6H2,1H3,(H2,19,21);4*1H/t9-;7-;;;;/m11..../s1. The van der Waals surface area contributed by atoms with Crippen LogP contribution in [0.5, 0.6) is 11.5 Å². The molecule has 0 spiro atoms. The molecule has 270 valence electrons. The van der Waals surface area contributed by atoms with Crippen LogP contribution >= 0.6 is 49.6 Å². The molecule has 0 unspecified atom stereocenters. The molecule has 0 saturated carbocycles. The quantitative estimate of drug-likeness (QED) is 0.157. The highest BCUT2D eigenvalue weighted by Gasteiger charge is 2.56. The van der Waals surface area contributed by atoms with Crippen LogP contribution in [0.3, 0.4) is 0 Å². The van der Waals surface area contributed by atoms with Crippen LogP contribution in [0.25, 0.3) is 0 Å². The number of ether oxygens (including phenoxy) is 2. The lowest BCUT2D eigenvalue weighted by Crippen LogP contribution is -2.45. The summed E-state index contributed by atoms with van der Waals surface area (Å²) in [6, 6.07) is 10.1. The lowest BCUT2D eigenvalue weighted by Gasteiger charge is -2.22. The minimum absolute atomic E-state index is 0. The van der Waals surface area contributed by atoms with Crippen LogP contribution in [-0.2, 0) is 13.1 Å². The molecule has 4 rings (SSSR count). The Morgan fingerprint density at radius 2 is 1.13 bits per heavy atom. The first kappa shape index (κ1) is 46.6. The number of nitrogens with one attached hydrogen (secondary N) is 2. The van der Waals surface area contributed by atoms with Gasteiger partial charge in [-0.25, -0.2) is 9.98 Å². The maximum absolute atomic E-state index is 12.8. The van der Waals surface area contributed by atoms with Gasteiger partial charge < -0.3 is 31.6 Å². The van der Waals surface area contributed by atoms with Crippen molar-refractivity contribution in [3.05, 3.63) is 47.5 Å². The highest BCUT2D eigenvalue weighted by atomic mass is 35.5. The van der Waals surface area contributed by atoms with Gasteiger partial charge in [0.1, 0.15) is 34.5 Å². The van der Waals surface area contributed by atoms with Crippen molar-refractivity contribution in [2.75, 3.05) is 13.1 Å². The number of rotatable bonds is 9. The molecule has 0 amide bonds. The highest BCUT2D eigenvalue weighted by molar-refractivity contribution is 5.90. The van der Waals surface area contributed by atoms with Gasteiger partial charge in [0.25, 0.3) is 0 Å². The molecule has 2 heterocycles. The number of nitrogens with two attached hydrogens (primary N) is 2. The van der Waals surface area contributed by atoms with Crippen LogP contribution in [0.4, 0.5) is 46.5 Å². The number of hydrogen-bond acceptors (Lipinski definition) is 8. The van der Waals surface area contributed by atoms with Crippen molar-refractivity contribution >= 4 is 72.7 Å². The number of fused-ring (bicyclic) bond motifs is 2. The Bertz CT molecular complexity index is 1330. The SMILES string of the molecule is C[C@H]1Oc2ccc(CNCC(F)(F)C(F)(F)F)cc2N=C1N.C[C@H]1Oc2ccc(CNCCCC(F)(F)F)cc2N=C1N.Cl.Cl.Cl.Cl. The zero-order chi connectivity index (χ0) is 32.0. The van der Waals surface area contributed by atoms with Crippen molar-refractivity contribution in [1.29, 1.82) is 0 Å². The van der Waals surface area contributed by atoms with E-state index in [0.29, 0.717) is 47.4 Å². The normalized spacial score (nSPS) is 16.6. The van der Waals surface area contributed by atoms with Crippen LogP contribution in [-0.4, -0.2) is 55.2 Å². The molecule has 2 atom stereocenters. The summed E-state index contributed by atoms with van der Waals surface area (Å²) in [7, 11) is 0. The lowest BCUT2D eigenvalue weighted by atomic mass is 10.1. The predicted molar refractivity (Wildman–Crippen MR) is 174 cm³/mol. The van der Waals surface area contributed by atoms with Crippen molar-refractivity contribution in [1.82, 2.24) is 10.6 Å². The second kappa shape index (κ2) is 19.5.